The Balaban J connectivity index is 1.49. The number of rotatable bonds is 7. The molecule has 3 amide bonds. The Labute approximate surface area is 183 Å². The van der Waals surface area contributed by atoms with Crippen molar-refractivity contribution in [1.29, 1.82) is 0 Å². The Bertz CT molecular complexity index is 846. The topological polar surface area (TPSA) is 73.5 Å². The largest absolute Gasteiger partial charge is 0.348 e. The summed E-state index contributed by atoms with van der Waals surface area (Å²) in [4.78, 5) is 27.0. The number of likely N-dealkylation sites (tertiary alicyclic amines) is 1. The molecule has 1 aliphatic rings. The molecule has 6 nitrogen and oxygen atoms in total. The van der Waals surface area contributed by atoms with Gasteiger partial charge in [0.1, 0.15) is 0 Å². The molecule has 1 saturated heterocycles. The second-order valence-corrected chi connectivity index (χ2v) is 8.04. The van der Waals surface area contributed by atoms with E-state index in [4.69, 9.17) is 11.6 Å². The summed E-state index contributed by atoms with van der Waals surface area (Å²) in [5.74, 6) is -0.0388. The fraction of sp³-hybridized carbons (Fsp3) is 0.391. The number of halogens is 1. The number of amides is 3. The van der Waals surface area contributed by atoms with Gasteiger partial charge in [-0.25, -0.2) is 4.79 Å². The number of benzene rings is 2. The van der Waals surface area contributed by atoms with Gasteiger partial charge in [0.15, 0.2) is 0 Å². The quantitative estimate of drug-likeness (QED) is 0.619. The molecule has 30 heavy (non-hydrogen) atoms. The molecule has 3 rings (SSSR count). The number of anilines is 1. The highest BCUT2D eigenvalue weighted by Crippen LogP contribution is 2.22. The highest BCUT2D eigenvalue weighted by molar-refractivity contribution is 6.31. The predicted molar refractivity (Wildman–Crippen MR) is 121 cm³/mol. The van der Waals surface area contributed by atoms with Crippen molar-refractivity contribution >= 4 is 29.2 Å². The van der Waals surface area contributed by atoms with E-state index in [0.717, 1.165) is 37.1 Å². The van der Waals surface area contributed by atoms with Crippen molar-refractivity contribution in [2.45, 2.75) is 38.3 Å². The van der Waals surface area contributed by atoms with Gasteiger partial charge in [0.05, 0.1) is 12.6 Å². The lowest BCUT2D eigenvalue weighted by Gasteiger charge is -2.35. The summed E-state index contributed by atoms with van der Waals surface area (Å²) < 4.78 is 0. The SMILES string of the molecule is C[C@H](NC(=O)CN1CCCC[C@H]1CNC(=O)Nc1ccccc1)c1ccccc1Cl. The predicted octanol–water partition coefficient (Wildman–Crippen LogP) is 4.19. The molecule has 2 aromatic rings. The molecule has 0 bridgehead atoms. The molecule has 0 spiro atoms. The van der Waals surface area contributed by atoms with Gasteiger partial charge in [-0.3, -0.25) is 9.69 Å². The zero-order chi connectivity index (χ0) is 21.3. The molecule has 0 radical (unpaired) electrons. The Morgan fingerprint density at radius 3 is 2.60 bits per heavy atom. The first-order chi connectivity index (χ1) is 14.5. The van der Waals surface area contributed by atoms with Crippen LogP contribution in [0.3, 0.4) is 0 Å². The molecule has 2 aromatic carbocycles. The van der Waals surface area contributed by atoms with E-state index in [0.29, 0.717) is 18.1 Å². The molecule has 0 aromatic heterocycles. The third-order valence-corrected chi connectivity index (χ3v) is 5.72. The third kappa shape index (κ3) is 6.47. The summed E-state index contributed by atoms with van der Waals surface area (Å²) in [5.41, 5.74) is 1.66. The Kier molecular flexibility index (Phi) is 8.11. The fourth-order valence-corrected chi connectivity index (χ4v) is 4.08. The molecule has 0 aliphatic carbocycles. The Morgan fingerprint density at radius 1 is 1.10 bits per heavy atom. The van der Waals surface area contributed by atoms with Crippen LogP contribution in [0.1, 0.15) is 37.8 Å². The van der Waals surface area contributed by atoms with E-state index in [1.807, 2.05) is 61.5 Å². The van der Waals surface area contributed by atoms with Gasteiger partial charge in [0.2, 0.25) is 5.91 Å². The van der Waals surface area contributed by atoms with E-state index < -0.39 is 0 Å². The number of hydrogen-bond acceptors (Lipinski definition) is 3. The average Bonchev–Trinajstić information content (AvgIpc) is 2.74. The van der Waals surface area contributed by atoms with Crippen molar-refractivity contribution in [3.8, 4) is 0 Å². The number of carbonyl (C=O) groups excluding carboxylic acids is 2. The average molecular weight is 429 g/mol. The van der Waals surface area contributed by atoms with Crippen LogP contribution in [-0.4, -0.2) is 42.5 Å². The van der Waals surface area contributed by atoms with Crippen molar-refractivity contribution in [2.75, 3.05) is 25.0 Å². The van der Waals surface area contributed by atoms with Crippen molar-refractivity contribution in [3.05, 3.63) is 65.2 Å². The number of piperidine rings is 1. The number of nitrogens with zero attached hydrogens (tertiary/aromatic N) is 1. The number of nitrogens with one attached hydrogen (secondary N) is 3. The second kappa shape index (κ2) is 11.0. The molecule has 7 heteroatoms. The van der Waals surface area contributed by atoms with Crippen LogP contribution in [0.15, 0.2) is 54.6 Å². The molecule has 3 N–H and O–H groups in total. The molecule has 0 unspecified atom stereocenters. The lowest BCUT2D eigenvalue weighted by atomic mass is 10.0. The normalized spacial score (nSPS) is 17.7. The summed E-state index contributed by atoms with van der Waals surface area (Å²) in [7, 11) is 0. The summed E-state index contributed by atoms with van der Waals surface area (Å²) in [6.07, 6.45) is 3.11. The van der Waals surface area contributed by atoms with Crippen molar-refractivity contribution in [3.63, 3.8) is 0 Å². The number of carbonyl (C=O) groups is 2. The standard InChI is InChI=1S/C23H29ClN4O2/c1-17(20-12-5-6-13-21(20)24)26-22(29)16-28-14-8-7-11-19(28)15-25-23(30)27-18-9-3-2-4-10-18/h2-6,9-10,12-13,17,19H,7-8,11,14-16H2,1H3,(H,26,29)(H2,25,27,30)/t17-,19-/m0/s1. The van der Waals surface area contributed by atoms with Crippen LogP contribution in [0.5, 0.6) is 0 Å². The molecular formula is C23H29ClN4O2. The maximum Gasteiger partial charge on any atom is 0.319 e. The second-order valence-electron chi connectivity index (χ2n) is 7.63. The van der Waals surface area contributed by atoms with Crippen LogP contribution in [0, 0.1) is 0 Å². The van der Waals surface area contributed by atoms with Crippen molar-refractivity contribution in [2.24, 2.45) is 0 Å². The molecule has 1 aliphatic heterocycles. The van der Waals surface area contributed by atoms with Gasteiger partial charge in [0.25, 0.3) is 0 Å². The Morgan fingerprint density at radius 2 is 1.83 bits per heavy atom. The van der Waals surface area contributed by atoms with Gasteiger partial charge in [-0.15, -0.1) is 0 Å². The summed E-state index contributed by atoms with van der Waals surface area (Å²) >= 11 is 6.24. The van der Waals surface area contributed by atoms with Gasteiger partial charge < -0.3 is 16.0 Å². The van der Waals surface area contributed by atoms with Gasteiger partial charge in [-0.2, -0.15) is 0 Å². The maximum absolute atomic E-state index is 12.6. The maximum atomic E-state index is 12.6. The van der Waals surface area contributed by atoms with Gasteiger partial charge in [0, 0.05) is 23.3 Å². The minimum atomic E-state index is -0.233. The van der Waals surface area contributed by atoms with Crippen LogP contribution in [0.4, 0.5) is 10.5 Å². The molecule has 160 valence electrons. The van der Waals surface area contributed by atoms with E-state index >= 15 is 0 Å². The van der Waals surface area contributed by atoms with E-state index in [1.54, 1.807) is 0 Å². The van der Waals surface area contributed by atoms with E-state index in [1.165, 1.54) is 0 Å². The van der Waals surface area contributed by atoms with E-state index in [2.05, 4.69) is 20.9 Å². The third-order valence-electron chi connectivity index (χ3n) is 5.37. The number of para-hydroxylation sites is 1. The molecule has 1 heterocycles. The van der Waals surface area contributed by atoms with Crippen LogP contribution in [0.2, 0.25) is 5.02 Å². The lowest BCUT2D eigenvalue weighted by molar-refractivity contribution is -0.123. The van der Waals surface area contributed by atoms with Crippen LogP contribution in [0.25, 0.3) is 0 Å². The van der Waals surface area contributed by atoms with E-state index in [9.17, 15) is 9.59 Å². The number of urea groups is 1. The smallest absolute Gasteiger partial charge is 0.319 e. The molecular weight excluding hydrogens is 400 g/mol. The number of hydrogen-bond donors (Lipinski definition) is 3. The van der Waals surface area contributed by atoms with E-state index in [-0.39, 0.29) is 24.0 Å². The monoisotopic (exact) mass is 428 g/mol. The molecule has 2 atom stereocenters. The zero-order valence-corrected chi connectivity index (χ0v) is 18.0. The fourth-order valence-electron chi connectivity index (χ4n) is 3.78. The van der Waals surface area contributed by atoms with Gasteiger partial charge in [-0.05, 0) is 50.1 Å². The molecule has 1 fully saturated rings. The zero-order valence-electron chi connectivity index (χ0n) is 17.2. The lowest BCUT2D eigenvalue weighted by Crippen LogP contribution is -2.50. The highest BCUT2D eigenvalue weighted by Gasteiger charge is 2.25. The first-order valence-corrected chi connectivity index (χ1v) is 10.8. The Hall–Kier alpha value is -2.57. The highest BCUT2D eigenvalue weighted by atomic mass is 35.5. The summed E-state index contributed by atoms with van der Waals surface area (Å²) in [5, 5.41) is 9.45. The van der Waals surface area contributed by atoms with Gasteiger partial charge in [-0.1, -0.05) is 54.4 Å². The summed E-state index contributed by atoms with van der Waals surface area (Å²) in [6.45, 7) is 3.59. The van der Waals surface area contributed by atoms with Crippen LogP contribution >= 0.6 is 11.6 Å². The van der Waals surface area contributed by atoms with Crippen molar-refractivity contribution < 1.29 is 9.59 Å². The van der Waals surface area contributed by atoms with Crippen LogP contribution < -0.4 is 16.0 Å². The first-order valence-electron chi connectivity index (χ1n) is 10.4. The minimum absolute atomic E-state index is 0.0388. The minimum Gasteiger partial charge on any atom is -0.348 e. The van der Waals surface area contributed by atoms with Crippen LogP contribution in [-0.2, 0) is 4.79 Å². The molecule has 0 saturated carbocycles. The first kappa shape index (κ1) is 22.1. The summed E-state index contributed by atoms with van der Waals surface area (Å²) in [6, 6.07) is 16.6. The van der Waals surface area contributed by atoms with Gasteiger partial charge >= 0.3 is 6.03 Å². The van der Waals surface area contributed by atoms with Crippen molar-refractivity contribution in [1.82, 2.24) is 15.5 Å².